The molecule has 4 nitrogen and oxygen atoms in total. The van der Waals surface area contributed by atoms with Gasteiger partial charge in [0.15, 0.2) is 11.5 Å². The molecule has 21 heavy (non-hydrogen) atoms. The van der Waals surface area contributed by atoms with Crippen LogP contribution in [0.3, 0.4) is 0 Å². The fourth-order valence-electron chi connectivity index (χ4n) is 2.22. The quantitative estimate of drug-likeness (QED) is 0.795. The fraction of sp³-hybridized carbons (Fsp3) is 0.118. The van der Waals surface area contributed by atoms with E-state index in [4.69, 9.17) is 9.47 Å². The molecule has 0 radical (unpaired) electrons. The van der Waals surface area contributed by atoms with Crippen LogP contribution in [-0.4, -0.2) is 17.2 Å². The molecule has 0 aliphatic carbocycles. The van der Waals surface area contributed by atoms with E-state index < -0.39 is 0 Å². The summed E-state index contributed by atoms with van der Waals surface area (Å²) in [7, 11) is 1.59. The van der Waals surface area contributed by atoms with E-state index in [2.05, 4.69) is 4.98 Å². The topological polar surface area (TPSA) is 51.6 Å². The largest absolute Gasteiger partial charge is 0.493 e. The highest BCUT2D eigenvalue weighted by molar-refractivity contribution is 5.82. The van der Waals surface area contributed by atoms with Crippen molar-refractivity contribution < 1.29 is 14.6 Å². The van der Waals surface area contributed by atoms with Gasteiger partial charge in [-0.15, -0.1) is 0 Å². The van der Waals surface area contributed by atoms with Gasteiger partial charge < -0.3 is 14.6 Å². The number of hydrogen-bond donors (Lipinski definition) is 1. The van der Waals surface area contributed by atoms with E-state index in [1.54, 1.807) is 13.2 Å². The van der Waals surface area contributed by atoms with Crippen LogP contribution in [-0.2, 0) is 6.61 Å². The molecule has 3 aromatic rings. The highest BCUT2D eigenvalue weighted by Crippen LogP contribution is 2.31. The molecule has 0 saturated heterocycles. The average Bonchev–Trinajstić information content (AvgIpc) is 2.54. The molecule has 0 atom stereocenters. The second-order valence-electron chi connectivity index (χ2n) is 4.55. The lowest BCUT2D eigenvalue weighted by Crippen LogP contribution is -1.95. The van der Waals surface area contributed by atoms with Gasteiger partial charge in [0.2, 0.25) is 5.88 Å². The highest BCUT2D eigenvalue weighted by atomic mass is 16.5. The number of aliphatic hydroxyl groups is 1. The number of aromatic nitrogens is 1. The predicted octanol–water partition coefficient (Wildman–Crippen LogP) is 3.53. The SMILES string of the molecule is COc1ccccc1Oc1cc(CO)c2ccccc2n1. The summed E-state index contributed by atoms with van der Waals surface area (Å²) in [6.07, 6.45) is 0. The number of rotatable bonds is 4. The van der Waals surface area contributed by atoms with Gasteiger partial charge in [0.05, 0.1) is 19.2 Å². The molecule has 0 amide bonds. The van der Waals surface area contributed by atoms with Crippen LogP contribution in [0.2, 0.25) is 0 Å². The lowest BCUT2D eigenvalue weighted by molar-refractivity contribution is 0.282. The van der Waals surface area contributed by atoms with Crippen LogP contribution in [0, 0.1) is 0 Å². The van der Waals surface area contributed by atoms with Crippen molar-refractivity contribution >= 4 is 10.9 Å². The standard InChI is InChI=1S/C17H15NO3/c1-20-15-8-4-5-9-16(15)21-17-10-12(11-19)13-6-2-3-7-14(13)18-17/h2-10,19H,11H2,1H3. The van der Waals surface area contributed by atoms with E-state index in [0.717, 1.165) is 16.5 Å². The van der Waals surface area contributed by atoms with Gasteiger partial charge in [0.25, 0.3) is 0 Å². The zero-order valence-corrected chi connectivity index (χ0v) is 11.6. The maximum Gasteiger partial charge on any atom is 0.220 e. The van der Waals surface area contributed by atoms with Crippen molar-refractivity contribution in [1.82, 2.24) is 4.98 Å². The Morgan fingerprint density at radius 1 is 1.00 bits per heavy atom. The molecule has 0 aliphatic rings. The lowest BCUT2D eigenvalue weighted by Gasteiger charge is -2.11. The van der Waals surface area contributed by atoms with E-state index >= 15 is 0 Å². The van der Waals surface area contributed by atoms with Crippen LogP contribution in [0.25, 0.3) is 10.9 Å². The Hall–Kier alpha value is -2.59. The summed E-state index contributed by atoms with van der Waals surface area (Å²) >= 11 is 0. The molecule has 4 heteroatoms. The smallest absolute Gasteiger partial charge is 0.220 e. The van der Waals surface area contributed by atoms with Gasteiger partial charge in [0, 0.05) is 11.5 Å². The minimum absolute atomic E-state index is 0.0642. The third-order valence-electron chi connectivity index (χ3n) is 3.23. The van der Waals surface area contributed by atoms with Crippen molar-refractivity contribution in [3.05, 3.63) is 60.2 Å². The Bertz CT molecular complexity index is 771. The maximum atomic E-state index is 9.52. The van der Waals surface area contributed by atoms with E-state index in [1.165, 1.54) is 0 Å². The molecule has 0 spiro atoms. The monoisotopic (exact) mass is 281 g/mol. The van der Waals surface area contributed by atoms with E-state index in [0.29, 0.717) is 17.4 Å². The van der Waals surface area contributed by atoms with Crippen LogP contribution >= 0.6 is 0 Å². The number of ether oxygens (including phenoxy) is 2. The molecule has 2 aromatic carbocycles. The molecule has 3 rings (SSSR count). The molecule has 1 N–H and O–H groups in total. The first kappa shape index (κ1) is 13.4. The Morgan fingerprint density at radius 2 is 1.71 bits per heavy atom. The summed E-state index contributed by atoms with van der Waals surface area (Å²) in [6.45, 7) is -0.0642. The fourth-order valence-corrected chi connectivity index (χ4v) is 2.22. The summed E-state index contributed by atoms with van der Waals surface area (Å²) in [5, 5.41) is 10.4. The normalized spacial score (nSPS) is 10.6. The summed E-state index contributed by atoms with van der Waals surface area (Å²) in [6, 6.07) is 16.8. The van der Waals surface area contributed by atoms with Gasteiger partial charge >= 0.3 is 0 Å². The first-order valence-corrected chi connectivity index (χ1v) is 6.62. The first-order chi connectivity index (χ1) is 10.3. The third-order valence-corrected chi connectivity index (χ3v) is 3.23. The Kier molecular flexibility index (Phi) is 3.71. The van der Waals surface area contributed by atoms with E-state index in [9.17, 15) is 5.11 Å². The molecule has 0 unspecified atom stereocenters. The zero-order valence-electron chi connectivity index (χ0n) is 11.6. The molecular formula is C17H15NO3. The van der Waals surface area contributed by atoms with Crippen LogP contribution < -0.4 is 9.47 Å². The number of pyridine rings is 1. The van der Waals surface area contributed by atoms with Gasteiger partial charge in [-0.05, 0) is 23.8 Å². The summed E-state index contributed by atoms with van der Waals surface area (Å²) < 4.78 is 11.1. The van der Waals surface area contributed by atoms with Crippen molar-refractivity contribution in [2.75, 3.05) is 7.11 Å². The molecule has 0 saturated carbocycles. The van der Waals surface area contributed by atoms with Gasteiger partial charge in [-0.2, -0.15) is 0 Å². The van der Waals surface area contributed by atoms with Gasteiger partial charge in [-0.1, -0.05) is 30.3 Å². The van der Waals surface area contributed by atoms with Gasteiger partial charge in [-0.25, -0.2) is 4.98 Å². The van der Waals surface area contributed by atoms with Crippen LogP contribution in [0.1, 0.15) is 5.56 Å². The number of aliphatic hydroxyl groups excluding tert-OH is 1. The Balaban J connectivity index is 2.05. The van der Waals surface area contributed by atoms with Crippen molar-refractivity contribution in [2.45, 2.75) is 6.61 Å². The van der Waals surface area contributed by atoms with Crippen molar-refractivity contribution in [1.29, 1.82) is 0 Å². The van der Waals surface area contributed by atoms with Gasteiger partial charge in [0.1, 0.15) is 0 Å². The second-order valence-corrected chi connectivity index (χ2v) is 4.55. The highest BCUT2D eigenvalue weighted by Gasteiger charge is 2.09. The predicted molar refractivity (Wildman–Crippen MR) is 80.7 cm³/mol. The zero-order chi connectivity index (χ0) is 14.7. The van der Waals surface area contributed by atoms with Crippen LogP contribution in [0.5, 0.6) is 17.4 Å². The molecular weight excluding hydrogens is 266 g/mol. The minimum atomic E-state index is -0.0642. The van der Waals surface area contributed by atoms with Crippen LogP contribution in [0.4, 0.5) is 0 Å². The number of nitrogens with zero attached hydrogens (tertiary/aromatic N) is 1. The summed E-state index contributed by atoms with van der Waals surface area (Å²) in [4.78, 5) is 4.47. The number of methoxy groups -OCH3 is 1. The molecule has 0 bridgehead atoms. The van der Waals surface area contributed by atoms with Gasteiger partial charge in [-0.3, -0.25) is 0 Å². The summed E-state index contributed by atoms with van der Waals surface area (Å²) in [5.41, 5.74) is 1.57. The summed E-state index contributed by atoms with van der Waals surface area (Å²) in [5.74, 6) is 1.66. The molecule has 106 valence electrons. The molecule has 1 aromatic heterocycles. The van der Waals surface area contributed by atoms with Crippen molar-refractivity contribution in [3.8, 4) is 17.4 Å². The molecule has 1 heterocycles. The Morgan fingerprint density at radius 3 is 2.48 bits per heavy atom. The molecule has 0 fully saturated rings. The van der Waals surface area contributed by atoms with Crippen molar-refractivity contribution in [3.63, 3.8) is 0 Å². The second kappa shape index (κ2) is 5.81. The van der Waals surface area contributed by atoms with Crippen LogP contribution in [0.15, 0.2) is 54.6 Å². The number of para-hydroxylation sites is 3. The lowest BCUT2D eigenvalue weighted by atomic mass is 10.1. The molecule has 0 aliphatic heterocycles. The first-order valence-electron chi connectivity index (χ1n) is 6.62. The number of hydrogen-bond acceptors (Lipinski definition) is 4. The van der Waals surface area contributed by atoms with E-state index in [-0.39, 0.29) is 6.61 Å². The van der Waals surface area contributed by atoms with E-state index in [1.807, 2.05) is 48.5 Å². The minimum Gasteiger partial charge on any atom is -0.493 e. The number of benzene rings is 2. The average molecular weight is 281 g/mol. The maximum absolute atomic E-state index is 9.52. The third kappa shape index (κ3) is 2.66. The Labute approximate surface area is 122 Å². The number of fused-ring (bicyclic) bond motifs is 1. The van der Waals surface area contributed by atoms with Crippen molar-refractivity contribution in [2.24, 2.45) is 0 Å².